The fourth-order valence-electron chi connectivity index (χ4n) is 7.87. The summed E-state index contributed by atoms with van der Waals surface area (Å²) in [6, 6.07) is 0. The average Bonchev–Trinajstić information content (AvgIpc) is 3.76. The lowest BCUT2D eigenvalue weighted by Gasteiger charge is -2.26. The van der Waals surface area contributed by atoms with Crippen molar-refractivity contribution in [3.8, 4) is 0 Å². The van der Waals surface area contributed by atoms with Crippen molar-refractivity contribution >= 4 is 5.97 Å². The third-order valence-electron chi connectivity index (χ3n) is 11.2. The molecular weight excluding hydrogens is 496 g/mol. The summed E-state index contributed by atoms with van der Waals surface area (Å²) in [6.07, 6.45) is 19.5. The molecule has 7 nitrogen and oxygen atoms in total. The van der Waals surface area contributed by atoms with Gasteiger partial charge in [0, 0.05) is 0 Å². The Morgan fingerprint density at radius 1 is 0.821 bits per heavy atom. The van der Waals surface area contributed by atoms with Crippen molar-refractivity contribution in [2.24, 2.45) is 23.7 Å². The van der Waals surface area contributed by atoms with Crippen LogP contribution in [0.4, 0.5) is 0 Å². The summed E-state index contributed by atoms with van der Waals surface area (Å²) in [5.74, 6) is 2.10. The Morgan fingerprint density at radius 2 is 1.49 bits per heavy atom. The standard InChI is InChI=1S/C14H20O4.C10H16O2.C8H12O/c15-14(9-2-4-11-13(6-9)18-11)16-7-8-1-3-10-12(5-8)17-10;1-9-5-7(10(2)6-11-10)3-4-8(9)12-9;1-2-6-3-4-7-8(5-6)9-7/h8-13H,1-7H2;7-8H,3-6H2,1-2H3;2,6-8H,1,3-5H2. The Hall–Kier alpha value is -0.990. The molecule has 0 aromatic carbocycles. The summed E-state index contributed by atoms with van der Waals surface area (Å²) >= 11 is 0. The van der Waals surface area contributed by atoms with E-state index < -0.39 is 0 Å². The van der Waals surface area contributed by atoms with Crippen LogP contribution in [0, 0.1) is 23.7 Å². The number of rotatable bonds is 5. The van der Waals surface area contributed by atoms with Crippen LogP contribution >= 0.6 is 0 Å². The van der Waals surface area contributed by atoms with E-state index in [0.717, 1.165) is 57.0 Å². The largest absolute Gasteiger partial charge is 0.465 e. The van der Waals surface area contributed by atoms with Crippen molar-refractivity contribution in [1.29, 1.82) is 0 Å². The third kappa shape index (κ3) is 6.28. The van der Waals surface area contributed by atoms with E-state index in [1.807, 2.05) is 0 Å². The zero-order valence-electron chi connectivity index (χ0n) is 23.9. The summed E-state index contributed by atoms with van der Waals surface area (Å²) in [7, 11) is 0. The first-order valence-corrected chi connectivity index (χ1v) is 15.9. The van der Waals surface area contributed by atoms with E-state index >= 15 is 0 Å². The minimum absolute atomic E-state index is 0.00258. The lowest BCUT2D eigenvalue weighted by atomic mass is 9.76. The quantitative estimate of drug-likeness (QED) is 0.269. The van der Waals surface area contributed by atoms with E-state index in [0.29, 0.717) is 55.3 Å². The molecule has 4 aliphatic carbocycles. The van der Waals surface area contributed by atoms with Crippen LogP contribution in [0.3, 0.4) is 0 Å². The molecule has 0 amide bonds. The zero-order chi connectivity index (χ0) is 26.8. The first kappa shape index (κ1) is 26.9. The van der Waals surface area contributed by atoms with Gasteiger partial charge in [0.05, 0.1) is 73.1 Å². The summed E-state index contributed by atoms with van der Waals surface area (Å²) in [6.45, 7) is 9.83. The monoisotopic (exact) mass is 544 g/mol. The highest BCUT2D eigenvalue weighted by Gasteiger charge is 2.60. The molecule has 0 bridgehead atoms. The third-order valence-corrected chi connectivity index (χ3v) is 11.2. The molecule has 13 unspecified atom stereocenters. The maximum atomic E-state index is 12.0. The van der Waals surface area contributed by atoms with Gasteiger partial charge in [-0.25, -0.2) is 0 Å². The second-order valence-electron chi connectivity index (χ2n) is 14.3. The highest BCUT2D eigenvalue weighted by molar-refractivity contribution is 5.72. The van der Waals surface area contributed by atoms with Gasteiger partial charge in [-0.3, -0.25) is 4.79 Å². The lowest BCUT2D eigenvalue weighted by Crippen LogP contribution is -2.31. The van der Waals surface area contributed by atoms with E-state index in [1.165, 1.54) is 38.5 Å². The first-order valence-electron chi connectivity index (χ1n) is 15.9. The van der Waals surface area contributed by atoms with Crippen LogP contribution in [0.2, 0.25) is 0 Å². The molecule has 39 heavy (non-hydrogen) atoms. The number of esters is 1. The number of hydrogen-bond acceptors (Lipinski definition) is 7. The molecule has 5 saturated heterocycles. The molecule has 13 atom stereocenters. The molecule has 9 fully saturated rings. The summed E-state index contributed by atoms with van der Waals surface area (Å²) in [5, 5.41) is 0. The van der Waals surface area contributed by atoms with Gasteiger partial charge in [0.25, 0.3) is 0 Å². The molecule has 4 saturated carbocycles. The van der Waals surface area contributed by atoms with Gasteiger partial charge in [-0.1, -0.05) is 6.08 Å². The molecule has 218 valence electrons. The van der Waals surface area contributed by atoms with Crippen LogP contribution < -0.4 is 0 Å². The lowest BCUT2D eigenvalue weighted by molar-refractivity contribution is -0.151. The topological polar surface area (TPSA) is 89.0 Å². The fraction of sp³-hybridized carbons (Fsp3) is 0.906. The predicted molar refractivity (Wildman–Crippen MR) is 144 cm³/mol. The van der Waals surface area contributed by atoms with Crippen molar-refractivity contribution in [3.05, 3.63) is 12.7 Å². The van der Waals surface area contributed by atoms with Gasteiger partial charge in [-0.2, -0.15) is 0 Å². The summed E-state index contributed by atoms with van der Waals surface area (Å²) in [4.78, 5) is 12.0. The molecule has 9 rings (SSSR count). The highest BCUT2D eigenvalue weighted by Crippen LogP contribution is 2.54. The summed E-state index contributed by atoms with van der Waals surface area (Å²) < 4.78 is 33.0. The van der Waals surface area contributed by atoms with Crippen LogP contribution in [0.1, 0.15) is 90.9 Å². The van der Waals surface area contributed by atoms with Crippen molar-refractivity contribution in [3.63, 3.8) is 0 Å². The van der Waals surface area contributed by atoms with Gasteiger partial charge >= 0.3 is 5.97 Å². The second-order valence-corrected chi connectivity index (χ2v) is 14.3. The average molecular weight is 545 g/mol. The van der Waals surface area contributed by atoms with E-state index in [4.69, 9.17) is 28.4 Å². The first-order chi connectivity index (χ1) is 18.8. The number of carbonyl (C=O) groups excluding carboxylic acids is 1. The maximum absolute atomic E-state index is 12.0. The van der Waals surface area contributed by atoms with Gasteiger partial charge in [0.15, 0.2) is 0 Å². The molecule has 0 aromatic heterocycles. The molecule has 5 heterocycles. The molecule has 0 aromatic rings. The Kier molecular flexibility index (Phi) is 7.15. The minimum Gasteiger partial charge on any atom is -0.465 e. The second kappa shape index (κ2) is 10.4. The summed E-state index contributed by atoms with van der Waals surface area (Å²) in [5.41, 5.74) is 0.456. The Labute approximate surface area is 233 Å². The molecule has 0 radical (unpaired) electrons. The van der Waals surface area contributed by atoms with E-state index in [2.05, 4.69) is 26.5 Å². The van der Waals surface area contributed by atoms with Crippen LogP contribution in [-0.4, -0.2) is 73.1 Å². The van der Waals surface area contributed by atoms with Crippen LogP contribution in [0.5, 0.6) is 0 Å². The van der Waals surface area contributed by atoms with Crippen LogP contribution in [0.15, 0.2) is 12.7 Å². The number of epoxide rings is 5. The van der Waals surface area contributed by atoms with Gasteiger partial charge < -0.3 is 28.4 Å². The highest BCUT2D eigenvalue weighted by atomic mass is 16.6. The van der Waals surface area contributed by atoms with E-state index in [1.54, 1.807) is 0 Å². The maximum Gasteiger partial charge on any atom is 0.309 e. The minimum atomic E-state index is 0.00258. The van der Waals surface area contributed by atoms with Gasteiger partial charge in [-0.15, -0.1) is 6.58 Å². The Balaban J connectivity index is 0.000000104. The van der Waals surface area contributed by atoms with Crippen LogP contribution in [0.25, 0.3) is 0 Å². The predicted octanol–water partition coefficient (Wildman–Crippen LogP) is 5.14. The number of fused-ring (bicyclic) bond motifs is 4. The molecular formula is C32H48O7. The molecule has 9 aliphatic rings. The number of hydrogen-bond donors (Lipinski definition) is 0. The normalized spacial score (nSPS) is 52.8. The van der Waals surface area contributed by atoms with Crippen molar-refractivity contribution < 1.29 is 33.2 Å². The molecule has 7 heteroatoms. The van der Waals surface area contributed by atoms with Crippen molar-refractivity contribution in [2.45, 2.75) is 145 Å². The van der Waals surface area contributed by atoms with E-state index in [-0.39, 0.29) is 23.1 Å². The van der Waals surface area contributed by atoms with Gasteiger partial charge in [0.1, 0.15) is 0 Å². The van der Waals surface area contributed by atoms with Crippen LogP contribution in [-0.2, 0) is 33.2 Å². The molecule has 0 spiro atoms. The number of ether oxygens (including phenoxy) is 6. The smallest absolute Gasteiger partial charge is 0.309 e. The Morgan fingerprint density at radius 3 is 2.10 bits per heavy atom. The van der Waals surface area contributed by atoms with Gasteiger partial charge in [-0.05, 0) is 109 Å². The molecule has 0 N–H and O–H groups in total. The number of carbonyl (C=O) groups is 1. The number of allylic oxidation sites excluding steroid dienone is 1. The van der Waals surface area contributed by atoms with Gasteiger partial charge in [0.2, 0.25) is 0 Å². The zero-order valence-corrected chi connectivity index (χ0v) is 23.9. The SMILES string of the molecule is C=CC1CCC2OC2C1.CC1(C2CCC3OC3(C)C2)CO1.O=C(OCC1CCC2OC2C1)C1CCC2OC2C1. The fourth-order valence-corrected chi connectivity index (χ4v) is 7.87. The van der Waals surface area contributed by atoms with Crippen molar-refractivity contribution in [1.82, 2.24) is 0 Å². The van der Waals surface area contributed by atoms with Crippen molar-refractivity contribution in [2.75, 3.05) is 13.2 Å². The Bertz CT molecular complexity index is 933. The molecule has 5 aliphatic heterocycles. The van der Waals surface area contributed by atoms with E-state index in [9.17, 15) is 4.79 Å².